The van der Waals surface area contributed by atoms with Gasteiger partial charge in [-0.2, -0.15) is 0 Å². The molecule has 1 rings (SSSR count). The molecule has 2 N–H and O–H groups in total. The smallest absolute Gasteiger partial charge is 0.465 e. The van der Waals surface area contributed by atoms with Crippen molar-refractivity contribution in [2.75, 3.05) is 12.8 Å². The lowest BCUT2D eigenvalue weighted by molar-refractivity contribution is -0.276. The molecule has 0 atom stereocenters. The molecule has 0 bridgehead atoms. The zero-order chi connectivity index (χ0) is 12.3. The van der Waals surface area contributed by atoms with Gasteiger partial charge < -0.3 is 15.2 Å². The maximum Gasteiger partial charge on any atom is 0.574 e. The average molecular weight is 236 g/mol. The molecule has 0 fully saturated rings. The Balaban J connectivity index is 3.18. The number of hydrogen-bond donors (Lipinski definition) is 1. The standard InChI is InChI=1S/C8H7F3N2O3/c1-15-7(14)5-4(12)2-3-13-6(5)16-8(9,10)11/h2-3H,1H3,(H2,12,13). The number of nitrogen functional groups attached to an aromatic ring is 1. The predicted molar refractivity (Wildman–Crippen MR) is 46.7 cm³/mol. The summed E-state index contributed by atoms with van der Waals surface area (Å²) in [4.78, 5) is 14.4. The van der Waals surface area contributed by atoms with Gasteiger partial charge in [-0.3, -0.25) is 0 Å². The van der Waals surface area contributed by atoms with Crippen LogP contribution in [0.1, 0.15) is 10.4 Å². The van der Waals surface area contributed by atoms with E-state index in [1.54, 1.807) is 0 Å². The number of halogens is 3. The van der Waals surface area contributed by atoms with E-state index in [0.717, 1.165) is 19.4 Å². The second-order valence-corrected chi connectivity index (χ2v) is 2.62. The fourth-order valence-electron chi connectivity index (χ4n) is 0.951. The molecule has 0 aliphatic rings. The minimum atomic E-state index is -4.95. The van der Waals surface area contributed by atoms with Gasteiger partial charge >= 0.3 is 12.3 Å². The van der Waals surface area contributed by atoms with Gasteiger partial charge in [0.25, 0.3) is 0 Å². The number of aromatic nitrogens is 1. The number of rotatable bonds is 2. The third kappa shape index (κ3) is 2.75. The average Bonchev–Trinajstić information content (AvgIpc) is 2.14. The van der Waals surface area contributed by atoms with E-state index >= 15 is 0 Å². The summed E-state index contributed by atoms with van der Waals surface area (Å²) in [7, 11) is 1.01. The van der Waals surface area contributed by atoms with Crippen molar-refractivity contribution < 1.29 is 27.4 Å². The molecule has 1 heterocycles. The predicted octanol–water partition coefficient (Wildman–Crippen LogP) is 1.35. The third-order valence-electron chi connectivity index (χ3n) is 1.55. The molecular formula is C8H7F3N2O3. The molecule has 0 aliphatic carbocycles. The summed E-state index contributed by atoms with van der Waals surface area (Å²) in [5.74, 6) is -1.98. The lowest BCUT2D eigenvalue weighted by atomic mass is 10.2. The summed E-state index contributed by atoms with van der Waals surface area (Å²) in [6, 6.07) is 1.16. The first kappa shape index (κ1) is 12.1. The van der Waals surface area contributed by atoms with Crippen molar-refractivity contribution in [2.45, 2.75) is 6.36 Å². The van der Waals surface area contributed by atoms with Gasteiger partial charge in [-0.15, -0.1) is 13.2 Å². The number of anilines is 1. The summed E-state index contributed by atoms with van der Waals surface area (Å²) < 4.78 is 43.7. The first-order chi connectivity index (χ1) is 7.35. The highest BCUT2D eigenvalue weighted by Gasteiger charge is 2.34. The highest BCUT2D eigenvalue weighted by Crippen LogP contribution is 2.27. The first-order valence-electron chi connectivity index (χ1n) is 3.93. The summed E-state index contributed by atoms with van der Waals surface area (Å²) in [5.41, 5.74) is 4.57. The molecule has 0 saturated carbocycles. The molecule has 1 aromatic heterocycles. The highest BCUT2D eigenvalue weighted by atomic mass is 19.4. The van der Waals surface area contributed by atoms with E-state index in [0.29, 0.717) is 0 Å². The zero-order valence-electron chi connectivity index (χ0n) is 8.04. The van der Waals surface area contributed by atoms with E-state index in [1.807, 2.05) is 0 Å². The van der Waals surface area contributed by atoms with Crippen molar-refractivity contribution in [3.8, 4) is 5.88 Å². The number of hydrogen-bond acceptors (Lipinski definition) is 5. The normalized spacial score (nSPS) is 11.0. The van der Waals surface area contributed by atoms with Crippen molar-refractivity contribution in [3.63, 3.8) is 0 Å². The number of methoxy groups -OCH3 is 1. The van der Waals surface area contributed by atoms with Crippen LogP contribution in [0.3, 0.4) is 0 Å². The Morgan fingerprint density at radius 1 is 1.50 bits per heavy atom. The Kier molecular flexibility index (Phi) is 3.21. The monoisotopic (exact) mass is 236 g/mol. The summed E-state index contributed by atoms with van der Waals surface area (Å²) >= 11 is 0. The Labute approximate surface area is 88.0 Å². The number of alkyl halides is 3. The summed E-state index contributed by atoms with van der Waals surface area (Å²) in [5, 5.41) is 0. The van der Waals surface area contributed by atoms with Crippen LogP contribution >= 0.6 is 0 Å². The second-order valence-electron chi connectivity index (χ2n) is 2.62. The van der Waals surface area contributed by atoms with Crippen LogP contribution in [0.5, 0.6) is 5.88 Å². The highest BCUT2D eigenvalue weighted by molar-refractivity contribution is 5.97. The maximum absolute atomic E-state index is 12.0. The molecule has 0 radical (unpaired) electrons. The quantitative estimate of drug-likeness (QED) is 0.784. The molecule has 0 unspecified atom stereocenters. The number of esters is 1. The minimum absolute atomic E-state index is 0.207. The molecule has 0 aromatic carbocycles. The lowest BCUT2D eigenvalue weighted by Gasteiger charge is -2.11. The van der Waals surface area contributed by atoms with E-state index in [9.17, 15) is 18.0 Å². The summed E-state index contributed by atoms with van der Waals surface area (Å²) in [6.07, 6.45) is -3.97. The van der Waals surface area contributed by atoms with Crippen molar-refractivity contribution >= 4 is 11.7 Å². The van der Waals surface area contributed by atoms with Gasteiger partial charge in [0, 0.05) is 6.20 Å². The van der Waals surface area contributed by atoms with Crippen LogP contribution in [0.2, 0.25) is 0 Å². The van der Waals surface area contributed by atoms with Gasteiger partial charge in [0.2, 0.25) is 5.88 Å². The molecule has 0 spiro atoms. The molecular weight excluding hydrogens is 229 g/mol. The molecule has 16 heavy (non-hydrogen) atoms. The van der Waals surface area contributed by atoms with Crippen LogP contribution in [0.15, 0.2) is 12.3 Å². The van der Waals surface area contributed by atoms with E-state index in [4.69, 9.17) is 5.73 Å². The molecule has 0 aliphatic heterocycles. The van der Waals surface area contributed by atoms with E-state index in [-0.39, 0.29) is 5.69 Å². The van der Waals surface area contributed by atoms with Gasteiger partial charge in [0.15, 0.2) is 0 Å². The van der Waals surface area contributed by atoms with Gasteiger partial charge in [-0.05, 0) is 6.07 Å². The molecule has 0 saturated heterocycles. The summed E-state index contributed by atoms with van der Waals surface area (Å²) in [6.45, 7) is 0. The van der Waals surface area contributed by atoms with Gasteiger partial charge in [-0.25, -0.2) is 9.78 Å². The molecule has 5 nitrogen and oxygen atoms in total. The SMILES string of the molecule is COC(=O)c1c(N)ccnc1OC(F)(F)F. The number of carbonyl (C=O) groups is 1. The van der Waals surface area contributed by atoms with Crippen LogP contribution in [0.25, 0.3) is 0 Å². The van der Waals surface area contributed by atoms with Crippen molar-refractivity contribution in [2.24, 2.45) is 0 Å². The number of pyridine rings is 1. The Hall–Kier alpha value is -1.99. The largest absolute Gasteiger partial charge is 0.574 e. The molecule has 0 amide bonds. The van der Waals surface area contributed by atoms with Crippen molar-refractivity contribution in [1.82, 2.24) is 4.98 Å². The Morgan fingerprint density at radius 3 is 2.62 bits per heavy atom. The zero-order valence-corrected chi connectivity index (χ0v) is 8.04. The van der Waals surface area contributed by atoms with E-state index in [1.165, 1.54) is 0 Å². The first-order valence-corrected chi connectivity index (χ1v) is 3.93. The Morgan fingerprint density at radius 2 is 2.12 bits per heavy atom. The van der Waals surface area contributed by atoms with Crippen LogP contribution in [0.4, 0.5) is 18.9 Å². The fraction of sp³-hybridized carbons (Fsp3) is 0.250. The number of ether oxygens (including phenoxy) is 2. The number of carbonyl (C=O) groups excluding carboxylic acids is 1. The van der Waals surface area contributed by atoms with Crippen molar-refractivity contribution in [1.29, 1.82) is 0 Å². The molecule has 1 aromatic rings. The van der Waals surface area contributed by atoms with Crippen LogP contribution in [-0.4, -0.2) is 24.4 Å². The van der Waals surface area contributed by atoms with Gasteiger partial charge in [0.05, 0.1) is 12.8 Å². The second kappa shape index (κ2) is 4.25. The molecule has 88 valence electrons. The lowest BCUT2D eigenvalue weighted by Crippen LogP contribution is -2.21. The topological polar surface area (TPSA) is 74.4 Å². The van der Waals surface area contributed by atoms with E-state index in [2.05, 4.69) is 14.5 Å². The maximum atomic E-state index is 12.0. The van der Waals surface area contributed by atoms with E-state index < -0.39 is 23.8 Å². The molecule has 8 heteroatoms. The minimum Gasteiger partial charge on any atom is -0.465 e. The number of nitrogens with zero attached hydrogens (tertiary/aromatic N) is 1. The fourth-order valence-corrected chi connectivity index (χ4v) is 0.951. The van der Waals surface area contributed by atoms with Crippen LogP contribution in [0, 0.1) is 0 Å². The third-order valence-corrected chi connectivity index (χ3v) is 1.55. The Bertz CT molecular complexity index is 406. The van der Waals surface area contributed by atoms with Gasteiger partial charge in [0.1, 0.15) is 5.56 Å². The number of nitrogens with two attached hydrogens (primary N) is 1. The van der Waals surface area contributed by atoms with Crippen LogP contribution < -0.4 is 10.5 Å². The van der Waals surface area contributed by atoms with Gasteiger partial charge in [-0.1, -0.05) is 0 Å². The van der Waals surface area contributed by atoms with Crippen molar-refractivity contribution in [3.05, 3.63) is 17.8 Å². The van der Waals surface area contributed by atoms with Crippen LogP contribution in [-0.2, 0) is 4.74 Å².